The summed E-state index contributed by atoms with van der Waals surface area (Å²) in [6, 6.07) is 11.9. The summed E-state index contributed by atoms with van der Waals surface area (Å²) in [5, 5.41) is 0. The van der Waals surface area contributed by atoms with Gasteiger partial charge in [0.25, 0.3) is 0 Å². The highest BCUT2D eigenvalue weighted by Crippen LogP contribution is 2.44. The largest absolute Gasteiger partial charge is 0.573 e. The van der Waals surface area contributed by atoms with E-state index in [2.05, 4.69) is 30.7 Å². The molecule has 1 saturated carbocycles. The number of rotatable bonds is 8. The van der Waals surface area contributed by atoms with E-state index in [1.54, 1.807) is 6.07 Å². The summed E-state index contributed by atoms with van der Waals surface area (Å²) < 4.78 is 50.4. The van der Waals surface area contributed by atoms with Crippen LogP contribution in [0, 0.1) is 11.8 Å². The lowest BCUT2D eigenvalue weighted by molar-refractivity contribution is -0.275. The molecule has 2 aromatic rings. The molecule has 34 heavy (non-hydrogen) atoms. The summed E-state index contributed by atoms with van der Waals surface area (Å²) in [6.45, 7) is 4.47. The number of ether oxygens (including phenoxy) is 2. The minimum atomic E-state index is -4.75. The van der Waals surface area contributed by atoms with Gasteiger partial charge >= 0.3 is 6.36 Å². The van der Waals surface area contributed by atoms with Gasteiger partial charge in [-0.2, -0.15) is 0 Å². The predicted molar refractivity (Wildman–Crippen MR) is 129 cm³/mol. The molecule has 2 aromatic carbocycles. The summed E-state index contributed by atoms with van der Waals surface area (Å²) in [5.74, 6) is 1.52. The first kappa shape index (κ1) is 24.9. The van der Waals surface area contributed by atoms with Crippen LogP contribution < -0.4 is 9.47 Å². The second kappa shape index (κ2) is 11.0. The topological polar surface area (TPSA) is 18.5 Å². The zero-order chi connectivity index (χ0) is 24.1. The van der Waals surface area contributed by atoms with Gasteiger partial charge in [-0.25, -0.2) is 0 Å². The van der Waals surface area contributed by atoms with Crippen LogP contribution in [0.4, 0.5) is 13.2 Å². The predicted octanol–water partition coefficient (Wildman–Crippen LogP) is 8.75. The molecule has 1 aliphatic heterocycles. The Kier molecular flexibility index (Phi) is 8.10. The van der Waals surface area contributed by atoms with E-state index in [1.165, 1.54) is 31.2 Å². The van der Waals surface area contributed by atoms with Crippen molar-refractivity contribution in [3.8, 4) is 11.5 Å². The van der Waals surface area contributed by atoms with E-state index in [-0.39, 0.29) is 17.6 Å². The second-order valence-electron chi connectivity index (χ2n) is 10.3. The van der Waals surface area contributed by atoms with Crippen molar-refractivity contribution in [2.45, 2.75) is 96.9 Å². The van der Waals surface area contributed by atoms with E-state index < -0.39 is 6.36 Å². The molecule has 0 N–H and O–H groups in total. The van der Waals surface area contributed by atoms with E-state index in [1.807, 2.05) is 18.2 Å². The highest BCUT2D eigenvalue weighted by atomic mass is 19.4. The normalized spacial score (nSPS) is 22.7. The molecule has 0 spiro atoms. The Morgan fingerprint density at radius 2 is 1.68 bits per heavy atom. The van der Waals surface area contributed by atoms with Crippen molar-refractivity contribution in [1.29, 1.82) is 0 Å². The lowest BCUT2D eigenvalue weighted by Gasteiger charge is -2.29. The average molecular weight is 475 g/mol. The van der Waals surface area contributed by atoms with Gasteiger partial charge in [0.2, 0.25) is 0 Å². The van der Waals surface area contributed by atoms with Crippen LogP contribution in [0.1, 0.15) is 93.6 Å². The average Bonchev–Trinajstić information content (AvgIpc) is 2.81. The van der Waals surface area contributed by atoms with Crippen molar-refractivity contribution in [3.05, 3.63) is 58.7 Å². The third-order valence-corrected chi connectivity index (χ3v) is 7.50. The number of fused-ring (bicyclic) bond motifs is 1. The van der Waals surface area contributed by atoms with E-state index in [9.17, 15) is 13.2 Å². The molecule has 1 fully saturated rings. The van der Waals surface area contributed by atoms with Crippen molar-refractivity contribution in [2.75, 3.05) is 0 Å². The molecule has 4 rings (SSSR count). The maximum absolute atomic E-state index is 13.2. The molecule has 1 aliphatic carbocycles. The minimum Gasteiger partial charge on any atom is -0.482 e. The quantitative estimate of drug-likeness (QED) is 0.381. The van der Waals surface area contributed by atoms with E-state index in [0.717, 1.165) is 61.1 Å². The van der Waals surface area contributed by atoms with E-state index in [0.29, 0.717) is 12.3 Å². The van der Waals surface area contributed by atoms with E-state index in [4.69, 9.17) is 4.74 Å². The molecule has 0 aromatic heterocycles. The van der Waals surface area contributed by atoms with Gasteiger partial charge in [-0.1, -0.05) is 76.3 Å². The molecule has 0 amide bonds. The third-order valence-electron chi connectivity index (χ3n) is 7.50. The Hall–Kier alpha value is -2.17. The first-order valence-corrected chi connectivity index (χ1v) is 13.0. The van der Waals surface area contributed by atoms with Gasteiger partial charge in [0.15, 0.2) is 11.5 Å². The van der Waals surface area contributed by atoms with E-state index >= 15 is 0 Å². The summed E-state index contributed by atoms with van der Waals surface area (Å²) in [4.78, 5) is 0. The fourth-order valence-electron chi connectivity index (χ4n) is 5.38. The van der Waals surface area contributed by atoms with Crippen LogP contribution in [0.15, 0.2) is 36.4 Å². The maximum Gasteiger partial charge on any atom is 0.573 e. The van der Waals surface area contributed by atoms with Crippen molar-refractivity contribution in [2.24, 2.45) is 11.8 Å². The fraction of sp³-hybridized carbons (Fsp3) is 0.586. The van der Waals surface area contributed by atoms with Crippen LogP contribution in [-0.2, 0) is 19.3 Å². The Bertz CT molecular complexity index is 928. The molecular formula is C29H37F3O2. The molecule has 2 nitrogen and oxygen atoms in total. The molecule has 5 heteroatoms. The first-order chi connectivity index (χ1) is 16.3. The lowest BCUT2D eigenvalue weighted by atomic mass is 9.80. The molecule has 0 saturated heterocycles. The van der Waals surface area contributed by atoms with Gasteiger partial charge in [-0.05, 0) is 78.7 Å². The van der Waals surface area contributed by atoms with Crippen LogP contribution in [0.2, 0.25) is 0 Å². The highest BCUT2D eigenvalue weighted by Gasteiger charge is 2.35. The van der Waals surface area contributed by atoms with Crippen molar-refractivity contribution in [1.82, 2.24) is 0 Å². The summed E-state index contributed by atoms with van der Waals surface area (Å²) >= 11 is 0. The van der Waals surface area contributed by atoms with Crippen LogP contribution in [0.25, 0.3) is 0 Å². The molecule has 0 bridgehead atoms. The summed E-state index contributed by atoms with van der Waals surface area (Å²) in [7, 11) is 0. The zero-order valence-corrected chi connectivity index (χ0v) is 20.4. The monoisotopic (exact) mass is 474 g/mol. The Morgan fingerprint density at radius 3 is 2.35 bits per heavy atom. The molecule has 1 unspecified atom stereocenters. The number of aryl methyl sites for hydroxylation is 3. The standard InChI is InChI=1S/C29H37F3O2/c1-3-4-5-21-12-14-24(15-13-21)26-17-16-25-18-23(11-10-22-8-6-20(2)7-9-22)19-27(28(25)33-26)34-29(30,31)32/h12-15,18-20,22,26H,3-11,16-17H2,1-2H3. The van der Waals surface area contributed by atoms with Crippen molar-refractivity contribution in [3.63, 3.8) is 0 Å². The van der Waals surface area contributed by atoms with Crippen LogP contribution in [-0.4, -0.2) is 6.36 Å². The molecule has 2 aliphatic rings. The van der Waals surface area contributed by atoms with Gasteiger partial charge < -0.3 is 9.47 Å². The first-order valence-electron chi connectivity index (χ1n) is 13.0. The van der Waals surface area contributed by atoms with Gasteiger partial charge in [-0.15, -0.1) is 13.2 Å². The van der Waals surface area contributed by atoms with Crippen LogP contribution in [0.5, 0.6) is 11.5 Å². The Labute approximate surface area is 201 Å². The number of benzene rings is 2. The molecule has 0 radical (unpaired) electrons. The lowest BCUT2D eigenvalue weighted by Crippen LogP contribution is -2.21. The zero-order valence-electron chi connectivity index (χ0n) is 20.4. The molecule has 1 atom stereocenters. The van der Waals surface area contributed by atoms with Gasteiger partial charge in [0.1, 0.15) is 6.10 Å². The van der Waals surface area contributed by atoms with Crippen molar-refractivity contribution >= 4 is 0 Å². The van der Waals surface area contributed by atoms with Crippen LogP contribution >= 0.6 is 0 Å². The highest BCUT2D eigenvalue weighted by molar-refractivity contribution is 5.51. The second-order valence-corrected chi connectivity index (χ2v) is 10.3. The molecule has 186 valence electrons. The number of unbranched alkanes of at least 4 members (excludes halogenated alkanes) is 1. The molecular weight excluding hydrogens is 437 g/mol. The number of alkyl halides is 3. The molecule has 1 heterocycles. The fourth-order valence-corrected chi connectivity index (χ4v) is 5.38. The Balaban J connectivity index is 1.49. The Morgan fingerprint density at radius 1 is 0.941 bits per heavy atom. The minimum absolute atomic E-state index is 0.193. The van der Waals surface area contributed by atoms with Crippen LogP contribution in [0.3, 0.4) is 0 Å². The van der Waals surface area contributed by atoms with Crippen molar-refractivity contribution < 1.29 is 22.6 Å². The van der Waals surface area contributed by atoms with Gasteiger partial charge in [0, 0.05) is 0 Å². The SMILES string of the molecule is CCCCc1ccc(C2CCc3cc(CCC4CCC(C)CC4)cc(OC(F)(F)F)c3O2)cc1. The maximum atomic E-state index is 13.2. The van der Waals surface area contributed by atoms with Gasteiger partial charge in [-0.3, -0.25) is 0 Å². The number of hydrogen-bond acceptors (Lipinski definition) is 2. The third kappa shape index (κ3) is 6.70. The van der Waals surface area contributed by atoms with Gasteiger partial charge in [0.05, 0.1) is 0 Å². The smallest absolute Gasteiger partial charge is 0.482 e. The summed E-state index contributed by atoms with van der Waals surface area (Å²) in [5.41, 5.74) is 4.02. The number of hydrogen-bond donors (Lipinski definition) is 0. The summed E-state index contributed by atoms with van der Waals surface area (Å²) in [6.07, 6.45) is 6.50. The number of halogens is 3.